The number of Topliss-reactive ketones (excluding diaryl/α,β-unsaturated/α-hetero) is 1. The number of aryl methyl sites for hydroxylation is 1. The molecule has 1 heterocycles. The third-order valence-electron chi connectivity index (χ3n) is 3.10. The van der Waals surface area contributed by atoms with Gasteiger partial charge in [-0.1, -0.05) is 23.8 Å². The molecule has 0 saturated carbocycles. The van der Waals surface area contributed by atoms with Crippen LogP contribution in [0.5, 0.6) is 0 Å². The molecule has 2 aromatic rings. The van der Waals surface area contributed by atoms with Crippen molar-refractivity contribution < 1.29 is 17.8 Å². The van der Waals surface area contributed by atoms with Crippen molar-refractivity contribution in [2.24, 2.45) is 0 Å². The van der Waals surface area contributed by atoms with Crippen LogP contribution in [0.4, 0.5) is 0 Å². The van der Waals surface area contributed by atoms with Crippen molar-refractivity contribution in [3.05, 3.63) is 65.5 Å². The molecule has 2 rings (SSSR count). The predicted octanol–water partition coefficient (Wildman–Crippen LogP) is 2.24. The first-order valence-electron chi connectivity index (χ1n) is 6.33. The second-order valence-electron chi connectivity index (χ2n) is 4.82. The van der Waals surface area contributed by atoms with Crippen LogP contribution in [0.2, 0.25) is 0 Å². The maximum absolute atomic E-state index is 12.6. The fraction of sp³-hybridized carbons (Fsp3) is 0.200. The number of carbonyl (C=O) groups excluding carboxylic acids is 1. The van der Waals surface area contributed by atoms with Crippen molar-refractivity contribution >= 4 is 15.9 Å². The second-order valence-corrected chi connectivity index (χ2v) is 6.31. The molecule has 0 spiro atoms. The maximum atomic E-state index is 12.6. The van der Waals surface area contributed by atoms with Gasteiger partial charge in [-0.25, -0.2) is 0 Å². The number of carbonyl (C=O) groups is 1. The number of benzene rings is 1. The molecule has 1 aromatic carbocycles. The molecule has 0 radical (unpaired) electrons. The number of ketones is 1. The number of aromatic nitrogens is 1. The van der Waals surface area contributed by atoms with Gasteiger partial charge in [0.25, 0.3) is 10.1 Å². The molecule has 6 heteroatoms. The number of nitrogens with zero attached hydrogens (tertiary/aromatic N) is 1. The minimum Gasteiger partial charge on any atom is -0.293 e. The molecule has 1 atom stereocenters. The SMILES string of the molecule is Cc1cccc(C(=O)C(CS(=O)(=O)O)c2ccncc2)c1. The Morgan fingerprint density at radius 2 is 1.90 bits per heavy atom. The lowest BCUT2D eigenvalue weighted by Crippen LogP contribution is -2.22. The molecule has 21 heavy (non-hydrogen) atoms. The normalized spacial score (nSPS) is 12.9. The first kappa shape index (κ1) is 15.3. The lowest BCUT2D eigenvalue weighted by atomic mass is 9.92. The summed E-state index contributed by atoms with van der Waals surface area (Å²) in [5, 5.41) is 0. The van der Waals surface area contributed by atoms with E-state index in [4.69, 9.17) is 4.55 Å². The van der Waals surface area contributed by atoms with Gasteiger partial charge in [0, 0.05) is 18.0 Å². The quantitative estimate of drug-likeness (QED) is 0.676. The van der Waals surface area contributed by atoms with Crippen molar-refractivity contribution in [3.8, 4) is 0 Å². The molecule has 1 N–H and O–H groups in total. The molecular weight excluding hydrogens is 290 g/mol. The summed E-state index contributed by atoms with van der Waals surface area (Å²) in [6.45, 7) is 1.85. The van der Waals surface area contributed by atoms with Crippen molar-refractivity contribution in [1.29, 1.82) is 0 Å². The van der Waals surface area contributed by atoms with Gasteiger partial charge in [0.1, 0.15) is 0 Å². The van der Waals surface area contributed by atoms with Gasteiger partial charge in [0.05, 0.1) is 11.7 Å². The second kappa shape index (κ2) is 6.15. The number of hydrogen-bond acceptors (Lipinski definition) is 4. The highest BCUT2D eigenvalue weighted by Crippen LogP contribution is 2.22. The van der Waals surface area contributed by atoms with Gasteiger partial charge >= 0.3 is 0 Å². The van der Waals surface area contributed by atoms with Gasteiger partial charge in [-0.05, 0) is 30.7 Å². The average Bonchev–Trinajstić information content (AvgIpc) is 2.44. The van der Waals surface area contributed by atoms with E-state index in [1.54, 1.807) is 30.3 Å². The Kier molecular flexibility index (Phi) is 4.50. The Bertz CT molecular complexity index is 741. The van der Waals surface area contributed by atoms with Gasteiger partial charge in [0.2, 0.25) is 0 Å². The molecule has 0 bridgehead atoms. The molecular formula is C15H15NO4S. The highest BCUT2D eigenvalue weighted by atomic mass is 32.2. The van der Waals surface area contributed by atoms with E-state index in [1.807, 2.05) is 13.0 Å². The summed E-state index contributed by atoms with van der Waals surface area (Å²) >= 11 is 0. The van der Waals surface area contributed by atoms with Crippen LogP contribution in [0.3, 0.4) is 0 Å². The fourth-order valence-corrected chi connectivity index (χ4v) is 2.89. The topological polar surface area (TPSA) is 84.3 Å². The highest BCUT2D eigenvalue weighted by Gasteiger charge is 2.27. The molecule has 0 amide bonds. The molecule has 0 aliphatic carbocycles. The van der Waals surface area contributed by atoms with Crippen LogP contribution in [0, 0.1) is 6.92 Å². The Labute approximate surface area is 123 Å². The number of hydrogen-bond donors (Lipinski definition) is 1. The van der Waals surface area contributed by atoms with Crippen LogP contribution in [0.1, 0.15) is 27.4 Å². The summed E-state index contributed by atoms with van der Waals surface area (Å²) in [6.07, 6.45) is 2.96. The van der Waals surface area contributed by atoms with Crippen LogP contribution in [-0.4, -0.2) is 29.5 Å². The minimum absolute atomic E-state index is 0.345. The van der Waals surface area contributed by atoms with Crippen molar-refractivity contribution in [3.63, 3.8) is 0 Å². The van der Waals surface area contributed by atoms with Crippen LogP contribution in [0.15, 0.2) is 48.8 Å². The summed E-state index contributed by atoms with van der Waals surface area (Å²) in [6, 6.07) is 10.1. The maximum Gasteiger partial charge on any atom is 0.265 e. The van der Waals surface area contributed by atoms with Gasteiger partial charge in [-0.15, -0.1) is 0 Å². The largest absolute Gasteiger partial charge is 0.293 e. The Morgan fingerprint density at radius 1 is 1.24 bits per heavy atom. The highest BCUT2D eigenvalue weighted by molar-refractivity contribution is 7.85. The lowest BCUT2D eigenvalue weighted by molar-refractivity contribution is 0.0966. The van der Waals surface area contributed by atoms with Crippen molar-refractivity contribution in [2.45, 2.75) is 12.8 Å². The van der Waals surface area contributed by atoms with E-state index in [9.17, 15) is 13.2 Å². The Morgan fingerprint density at radius 3 is 2.48 bits per heavy atom. The van der Waals surface area contributed by atoms with Gasteiger partial charge in [0.15, 0.2) is 5.78 Å². The molecule has 110 valence electrons. The summed E-state index contributed by atoms with van der Waals surface area (Å²) in [5.74, 6) is -1.95. The number of rotatable bonds is 5. The van der Waals surface area contributed by atoms with E-state index in [2.05, 4.69) is 4.98 Å². The standard InChI is InChI=1S/C15H15NO4S/c1-11-3-2-4-13(9-11)15(17)14(10-21(18,19)20)12-5-7-16-8-6-12/h2-9,14H,10H2,1H3,(H,18,19,20). The lowest BCUT2D eigenvalue weighted by Gasteiger charge is -2.15. The van der Waals surface area contributed by atoms with Crippen LogP contribution in [-0.2, 0) is 10.1 Å². The van der Waals surface area contributed by atoms with E-state index in [-0.39, 0.29) is 5.78 Å². The zero-order valence-electron chi connectivity index (χ0n) is 11.4. The van der Waals surface area contributed by atoms with Crippen LogP contribution >= 0.6 is 0 Å². The zero-order valence-corrected chi connectivity index (χ0v) is 12.2. The van der Waals surface area contributed by atoms with Gasteiger partial charge < -0.3 is 0 Å². The number of pyridine rings is 1. The Balaban J connectivity index is 2.42. The van der Waals surface area contributed by atoms with Crippen LogP contribution in [0.25, 0.3) is 0 Å². The van der Waals surface area contributed by atoms with Gasteiger partial charge in [-0.2, -0.15) is 8.42 Å². The smallest absolute Gasteiger partial charge is 0.265 e. The van der Waals surface area contributed by atoms with Crippen molar-refractivity contribution in [2.75, 3.05) is 5.75 Å². The molecule has 1 aromatic heterocycles. The summed E-state index contributed by atoms with van der Waals surface area (Å²) < 4.78 is 31.5. The predicted molar refractivity (Wildman–Crippen MR) is 78.9 cm³/mol. The molecule has 1 unspecified atom stereocenters. The van der Waals surface area contributed by atoms with Crippen molar-refractivity contribution in [1.82, 2.24) is 4.98 Å². The van der Waals surface area contributed by atoms with E-state index < -0.39 is 21.8 Å². The first-order chi connectivity index (χ1) is 9.87. The summed E-state index contributed by atoms with van der Waals surface area (Å²) in [7, 11) is -4.28. The minimum atomic E-state index is -4.28. The molecule has 0 aliphatic heterocycles. The zero-order chi connectivity index (χ0) is 15.5. The van der Waals surface area contributed by atoms with E-state index in [0.717, 1.165) is 5.56 Å². The first-order valence-corrected chi connectivity index (χ1v) is 7.94. The van der Waals surface area contributed by atoms with E-state index in [1.165, 1.54) is 12.4 Å². The summed E-state index contributed by atoms with van der Waals surface area (Å²) in [4.78, 5) is 16.4. The van der Waals surface area contributed by atoms with Crippen LogP contribution < -0.4 is 0 Å². The third-order valence-corrected chi connectivity index (χ3v) is 3.86. The summed E-state index contributed by atoms with van der Waals surface area (Å²) in [5.41, 5.74) is 1.83. The molecule has 5 nitrogen and oxygen atoms in total. The third kappa shape index (κ3) is 4.21. The Hall–Kier alpha value is -2.05. The van der Waals surface area contributed by atoms with E-state index >= 15 is 0 Å². The molecule has 0 aliphatic rings. The van der Waals surface area contributed by atoms with E-state index in [0.29, 0.717) is 11.1 Å². The van der Waals surface area contributed by atoms with Gasteiger partial charge in [-0.3, -0.25) is 14.3 Å². The average molecular weight is 305 g/mol. The molecule has 0 fully saturated rings. The molecule has 0 saturated heterocycles. The monoisotopic (exact) mass is 305 g/mol. The fourth-order valence-electron chi connectivity index (χ4n) is 2.13.